The Kier molecular flexibility index (Phi) is 5.13. The summed E-state index contributed by atoms with van der Waals surface area (Å²) in [5, 5.41) is 3.92. The molecule has 1 aromatic carbocycles. The molecule has 0 atom stereocenters. The Morgan fingerprint density at radius 2 is 2.26 bits per heavy atom. The second-order valence-electron chi connectivity index (χ2n) is 4.57. The van der Waals surface area contributed by atoms with Gasteiger partial charge < -0.3 is 14.8 Å². The van der Waals surface area contributed by atoms with Crippen LogP contribution >= 0.6 is 27.5 Å². The summed E-state index contributed by atoms with van der Waals surface area (Å²) in [6.07, 6.45) is 2.55. The smallest absolute Gasteiger partial charge is 0.175 e. The molecule has 1 N–H and O–H groups in total. The molecule has 1 aromatic rings. The van der Waals surface area contributed by atoms with Crippen molar-refractivity contribution in [1.29, 1.82) is 0 Å². The van der Waals surface area contributed by atoms with Crippen LogP contribution in [0.1, 0.15) is 18.4 Å². The predicted octanol–water partition coefficient (Wildman–Crippen LogP) is 3.84. The number of methoxy groups -OCH3 is 1. The Balaban J connectivity index is 2.10. The lowest BCUT2D eigenvalue weighted by molar-refractivity contribution is 0.322. The largest absolute Gasteiger partial charge is 0.493 e. The van der Waals surface area contributed by atoms with Crippen LogP contribution in [0.4, 0.5) is 0 Å². The molecule has 0 unspecified atom stereocenters. The first kappa shape index (κ1) is 14.7. The van der Waals surface area contributed by atoms with E-state index in [0.29, 0.717) is 22.6 Å². The van der Waals surface area contributed by atoms with Crippen LogP contribution in [-0.2, 0) is 6.54 Å². The molecule has 1 aliphatic carbocycles. The Labute approximate surface area is 127 Å². The highest BCUT2D eigenvalue weighted by Gasteiger charge is 2.20. The van der Waals surface area contributed by atoms with Gasteiger partial charge in [0.15, 0.2) is 11.5 Å². The minimum Gasteiger partial charge on any atom is -0.493 e. The molecule has 19 heavy (non-hydrogen) atoms. The van der Waals surface area contributed by atoms with Crippen molar-refractivity contribution in [3.8, 4) is 11.5 Å². The highest BCUT2D eigenvalue weighted by atomic mass is 79.9. The molecule has 3 nitrogen and oxygen atoms in total. The number of ether oxygens (including phenoxy) is 2. The van der Waals surface area contributed by atoms with Crippen molar-refractivity contribution in [1.82, 2.24) is 5.32 Å². The zero-order valence-corrected chi connectivity index (χ0v) is 13.2. The highest BCUT2D eigenvalue weighted by molar-refractivity contribution is 9.10. The van der Waals surface area contributed by atoms with Crippen molar-refractivity contribution >= 4 is 27.5 Å². The second kappa shape index (κ2) is 6.64. The van der Waals surface area contributed by atoms with E-state index in [1.165, 1.54) is 12.8 Å². The normalized spacial score (nSPS) is 14.3. The van der Waals surface area contributed by atoms with E-state index in [-0.39, 0.29) is 6.61 Å². The number of nitrogens with one attached hydrogen (secondary N) is 1. The van der Waals surface area contributed by atoms with Gasteiger partial charge in [-0.3, -0.25) is 0 Å². The Hall–Kier alpha value is -0.710. The fraction of sp³-hybridized carbons (Fsp3) is 0.429. The molecule has 0 bridgehead atoms. The topological polar surface area (TPSA) is 30.5 Å². The summed E-state index contributed by atoms with van der Waals surface area (Å²) in [6.45, 7) is 4.70. The standard InChI is InChI=1S/C14H17BrClNO2/c1-9(16)8-19-14-12(15)5-10(6-13(14)18-2)7-17-11-3-4-11/h5-6,11,17H,1,3-4,7-8H2,2H3. The van der Waals surface area contributed by atoms with Gasteiger partial charge in [-0.1, -0.05) is 18.2 Å². The summed E-state index contributed by atoms with van der Waals surface area (Å²) in [4.78, 5) is 0. The number of hydrogen-bond acceptors (Lipinski definition) is 3. The van der Waals surface area contributed by atoms with E-state index in [4.69, 9.17) is 21.1 Å². The number of benzene rings is 1. The first-order valence-electron chi connectivity index (χ1n) is 6.16. The van der Waals surface area contributed by atoms with E-state index in [1.54, 1.807) is 7.11 Å². The second-order valence-corrected chi connectivity index (χ2v) is 5.96. The predicted molar refractivity (Wildman–Crippen MR) is 81.0 cm³/mol. The molecule has 0 aliphatic heterocycles. The zero-order chi connectivity index (χ0) is 13.8. The molecule has 1 fully saturated rings. The van der Waals surface area contributed by atoms with Crippen LogP contribution in [0.5, 0.6) is 11.5 Å². The van der Waals surface area contributed by atoms with E-state index >= 15 is 0 Å². The molecule has 0 heterocycles. The zero-order valence-electron chi connectivity index (χ0n) is 10.8. The molecular formula is C14H17BrClNO2. The van der Waals surface area contributed by atoms with Gasteiger partial charge in [-0.05, 0) is 46.5 Å². The maximum absolute atomic E-state index is 5.71. The monoisotopic (exact) mass is 345 g/mol. The van der Waals surface area contributed by atoms with Gasteiger partial charge in [0.05, 0.1) is 11.6 Å². The molecule has 0 spiro atoms. The van der Waals surface area contributed by atoms with E-state index in [2.05, 4.69) is 27.8 Å². The molecule has 5 heteroatoms. The fourth-order valence-corrected chi connectivity index (χ4v) is 2.37. The van der Waals surface area contributed by atoms with E-state index in [9.17, 15) is 0 Å². The van der Waals surface area contributed by atoms with Gasteiger partial charge in [-0.15, -0.1) is 0 Å². The third kappa shape index (κ3) is 4.41. The molecule has 0 aromatic heterocycles. The number of halogens is 2. The molecular weight excluding hydrogens is 330 g/mol. The van der Waals surface area contributed by atoms with Crippen LogP contribution in [0.2, 0.25) is 0 Å². The third-order valence-corrected chi connectivity index (χ3v) is 3.53. The molecule has 2 rings (SSSR count). The SMILES string of the molecule is C=C(Cl)COc1c(Br)cc(CNC2CC2)cc1OC. The van der Waals surface area contributed by atoms with Gasteiger partial charge in [-0.2, -0.15) is 0 Å². The van der Waals surface area contributed by atoms with Crippen molar-refractivity contribution in [3.63, 3.8) is 0 Å². The first-order chi connectivity index (χ1) is 9.10. The van der Waals surface area contributed by atoms with Crippen LogP contribution in [0, 0.1) is 0 Å². The Bertz CT molecular complexity index is 475. The quantitative estimate of drug-likeness (QED) is 0.813. The van der Waals surface area contributed by atoms with E-state index < -0.39 is 0 Å². The fourth-order valence-electron chi connectivity index (χ4n) is 1.72. The lowest BCUT2D eigenvalue weighted by Gasteiger charge is -2.14. The minimum absolute atomic E-state index is 0.260. The van der Waals surface area contributed by atoms with Crippen LogP contribution in [0.25, 0.3) is 0 Å². The van der Waals surface area contributed by atoms with Crippen LogP contribution in [-0.4, -0.2) is 19.8 Å². The van der Waals surface area contributed by atoms with Crippen LogP contribution in [0.15, 0.2) is 28.2 Å². The average Bonchev–Trinajstić information content (AvgIpc) is 3.18. The number of rotatable bonds is 7. The summed E-state index contributed by atoms with van der Waals surface area (Å²) in [5.41, 5.74) is 1.16. The van der Waals surface area contributed by atoms with Crippen molar-refractivity contribution in [2.24, 2.45) is 0 Å². The molecule has 1 aliphatic rings. The molecule has 0 amide bonds. The summed E-state index contributed by atoms with van der Waals surface area (Å²) in [6, 6.07) is 4.69. The summed E-state index contributed by atoms with van der Waals surface area (Å²) >= 11 is 9.22. The Morgan fingerprint density at radius 1 is 1.53 bits per heavy atom. The van der Waals surface area contributed by atoms with Crippen molar-refractivity contribution in [3.05, 3.63) is 33.8 Å². The summed E-state index contributed by atoms with van der Waals surface area (Å²) in [5.74, 6) is 1.35. The lowest BCUT2D eigenvalue weighted by Crippen LogP contribution is -2.15. The van der Waals surface area contributed by atoms with Gasteiger partial charge in [0.25, 0.3) is 0 Å². The maximum Gasteiger partial charge on any atom is 0.175 e. The van der Waals surface area contributed by atoms with Crippen molar-refractivity contribution < 1.29 is 9.47 Å². The first-order valence-corrected chi connectivity index (χ1v) is 7.33. The molecule has 0 saturated heterocycles. The van der Waals surface area contributed by atoms with Crippen molar-refractivity contribution in [2.45, 2.75) is 25.4 Å². The van der Waals surface area contributed by atoms with Gasteiger partial charge in [-0.25, -0.2) is 0 Å². The van der Waals surface area contributed by atoms with Gasteiger partial charge in [0.2, 0.25) is 0 Å². The summed E-state index contributed by atoms with van der Waals surface area (Å²) < 4.78 is 11.8. The van der Waals surface area contributed by atoms with Gasteiger partial charge >= 0.3 is 0 Å². The number of hydrogen-bond donors (Lipinski definition) is 1. The summed E-state index contributed by atoms with van der Waals surface area (Å²) in [7, 11) is 1.63. The van der Waals surface area contributed by atoms with Crippen molar-refractivity contribution in [2.75, 3.05) is 13.7 Å². The third-order valence-electron chi connectivity index (χ3n) is 2.83. The maximum atomic E-state index is 5.71. The van der Waals surface area contributed by atoms with Gasteiger partial charge in [0.1, 0.15) is 6.61 Å². The van der Waals surface area contributed by atoms with Crippen LogP contribution in [0.3, 0.4) is 0 Å². The molecule has 0 radical (unpaired) electrons. The van der Waals surface area contributed by atoms with Gasteiger partial charge in [0, 0.05) is 17.6 Å². The lowest BCUT2D eigenvalue weighted by atomic mass is 10.2. The molecule has 1 saturated carbocycles. The van der Waals surface area contributed by atoms with E-state index in [0.717, 1.165) is 16.6 Å². The average molecular weight is 347 g/mol. The minimum atomic E-state index is 0.260. The van der Waals surface area contributed by atoms with Crippen LogP contribution < -0.4 is 14.8 Å². The molecule has 104 valence electrons. The van der Waals surface area contributed by atoms with E-state index in [1.807, 2.05) is 12.1 Å². The Morgan fingerprint density at radius 3 is 2.84 bits per heavy atom. The highest BCUT2D eigenvalue weighted by Crippen LogP contribution is 2.37.